The number of piperidine rings is 1. The van der Waals surface area contributed by atoms with Gasteiger partial charge in [0.05, 0.1) is 26.7 Å². The number of methoxy groups -OCH3 is 3. The average Bonchev–Trinajstić information content (AvgIpc) is 2.66. The maximum atomic E-state index is 10.2. The molecule has 0 spiro atoms. The lowest BCUT2D eigenvalue weighted by atomic mass is 9.92. The number of anilines is 1. The number of hydrogen-bond acceptors (Lipinski definition) is 7. The lowest BCUT2D eigenvalue weighted by molar-refractivity contribution is 0.0747. The summed E-state index contributed by atoms with van der Waals surface area (Å²) in [5, 5.41) is 11.0. The van der Waals surface area contributed by atoms with E-state index >= 15 is 0 Å². The first-order valence-corrected chi connectivity index (χ1v) is 7.95. The topological polar surface area (TPSA) is 76.9 Å². The van der Waals surface area contributed by atoms with Gasteiger partial charge in [-0.2, -0.15) is 0 Å². The lowest BCUT2D eigenvalue weighted by Crippen LogP contribution is -2.43. The van der Waals surface area contributed by atoms with Crippen molar-refractivity contribution < 1.29 is 19.3 Å². The van der Waals surface area contributed by atoms with Crippen LogP contribution in [0.1, 0.15) is 12.8 Å². The molecule has 0 radical (unpaired) electrons. The van der Waals surface area contributed by atoms with Crippen molar-refractivity contribution in [2.45, 2.75) is 18.4 Å². The second-order valence-electron chi connectivity index (χ2n) is 5.90. The van der Waals surface area contributed by atoms with Crippen molar-refractivity contribution in [1.29, 1.82) is 0 Å². The Hall–Kier alpha value is -2.72. The van der Waals surface area contributed by atoms with Gasteiger partial charge >= 0.3 is 0 Å². The smallest absolute Gasteiger partial charge is 0.205 e. The van der Waals surface area contributed by atoms with Crippen LogP contribution in [0.15, 0.2) is 12.4 Å². The number of aromatic nitrogens is 2. The summed E-state index contributed by atoms with van der Waals surface area (Å²) >= 11 is 0. The molecule has 0 saturated carbocycles. The summed E-state index contributed by atoms with van der Waals surface area (Å²) in [7, 11) is 4.69. The summed E-state index contributed by atoms with van der Waals surface area (Å²) in [5.74, 6) is 4.76. The van der Waals surface area contributed by atoms with Gasteiger partial charge in [-0.25, -0.2) is 9.97 Å². The van der Waals surface area contributed by atoms with Crippen LogP contribution in [0, 0.1) is 12.3 Å². The zero-order valence-electron chi connectivity index (χ0n) is 14.6. The molecule has 1 N–H and O–H groups in total. The van der Waals surface area contributed by atoms with Gasteiger partial charge < -0.3 is 24.2 Å². The zero-order valence-corrected chi connectivity index (χ0v) is 14.6. The highest BCUT2D eigenvalue weighted by molar-refractivity contribution is 5.97. The van der Waals surface area contributed by atoms with Crippen LogP contribution in [-0.2, 0) is 0 Å². The van der Waals surface area contributed by atoms with Crippen LogP contribution in [0.25, 0.3) is 10.9 Å². The van der Waals surface area contributed by atoms with E-state index in [-0.39, 0.29) is 0 Å². The standard InChI is InChI=1S/C18H21N3O4/c1-5-18(22)6-8-21(9-7-18)17-12-10-13(23-2)15(24-3)16(25-4)14(12)19-11-20-17/h1,10-11,22H,6-9H2,2-4H3. The fourth-order valence-electron chi connectivity index (χ4n) is 3.14. The Morgan fingerprint density at radius 1 is 1.12 bits per heavy atom. The van der Waals surface area contributed by atoms with Gasteiger partial charge in [0, 0.05) is 25.9 Å². The molecule has 7 heteroatoms. The Morgan fingerprint density at radius 3 is 2.36 bits per heavy atom. The summed E-state index contributed by atoms with van der Waals surface area (Å²) in [6.07, 6.45) is 7.89. The predicted octanol–water partition coefficient (Wildman–Crippen LogP) is 1.62. The van der Waals surface area contributed by atoms with Crippen LogP contribution in [-0.4, -0.2) is 55.1 Å². The van der Waals surface area contributed by atoms with E-state index in [1.54, 1.807) is 21.3 Å². The fourth-order valence-corrected chi connectivity index (χ4v) is 3.14. The van der Waals surface area contributed by atoms with Gasteiger partial charge in [-0.05, 0) is 6.07 Å². The molecule has 1 aliphatic rings. The van der Waals surface area contributed by atoms with Gasteiger partial charge in [-0.15, -0.1) is 6.42 Å². The minimum atomic E-state index is -1.04. The van der Waals surface area contributed by atoms with Crippen molar-refractivity contribution in [2.24, 2.45) is 0 Å². The summed E-state index contributed by atoms with van der Waals surface area (Å²) < 4.78 is 16.4. The molecule has 7 nitrogen and oxygen atoms in total. The molecule has 2 heterocycles. The lowest BCUT2D eigenvalue weighted by Gasteiger charge is -2.36. The van der Waals surface area contributed by atoms with Gasteiger partial charge in [0.15, 0.2) is 11.5 Å². The number of aliphatic hydroxyl groups is 1. The highest BCUT2D eigenvalue weighted by atomic mass is 16.5. The Kier molecular flexibility index (Phi) is 4.55. The molecule has 25 heavy (non-hydrogen) atoms. The summed E-state index contributed by atoms with van der Waals surface area (Å²) in [5.41, 5.74) is -0.402. The zero-order chi connectivity index (χ0) is 18.0. The van der Waals surface area contributed by atoms with Crippen molar-refractivity contribution in [3.8, 4) is 29.6 Å². The molecular weight excluding hydrogens is 322 g/mol. The van der Waals surface area contributed by atoms with Crippen molar-refractivity contribution in [3.63, 3.8) is 0 Å². The number of hydrogen-bond donors (Lipinski definition) is 1. The van der Waals surface area contributed by atoms with E-state index in [2.05, 4.69) is 20.8 Å². The summed E-state index contributed by atoms with van der Waals surface area (Å²) in [6.45, 7) is 1.20. The second kappa shape index (κ2) is 6.65. The largest absolute Gasteiger partial charge is 0.493 e. The SMILES string of the molecule is C#CC1(O)CCN(c2ncnc3c(OC)c(OC)c(OC)cc23)CC1. The van der Waals surface area contributed by atoms with E-state index in [4.69, 9.17) is 20.6 Å². The van der Waals surface area contributed by atoms with Crippen LogP contribution in [0.2, 0.25) is 0 Å². The number of fused-ring (bicyclic) bond motifs is 1. The number of rotatable bonds is 4. The van der Waals surface area contributed by atoms with Crippen LogP contribution in [0.4, 0.5) is 5.82 Å². The van der Waals surface area contributed by atoms with Crippen molar-refractivity contribution in [2.75, 3.05) is 39.3 Å². The van der Waals surface area contributed by atoms with Crippen LogP contribution in [0.5, 0.6) is 17.2 Å². The maximum absolute atomic E-state index is 10.2. The van der Waals surface area contributed by atoms with Gasteiger partial charge in [0.25, 0.3) is 0 Å². The highest BCUT2D eigenvalue weighted by Crippen LogP contribution is 2.44. The Labute approximate surface area is 146 Å². The quantitative estimate of drug-likeness (QED) is 0.845. The minimum Gasteiger partial charge on any atom is -0.493 e. The predicted molar refractivity (Wildman–Crippen MR) is 94.4 cm³/mol. The summed E-state index contributed by atoms with van der Waals surface area (Å²) in [4.78, 5) is 10.9. The van der Waals surface area contributed by atoms with E-state index in [1.807, 2.05) is 6.07 Å². The molecule has 2 aromatic rings. The van der Waals surface area contributed by atoms with E-state index in [1.165, 1.54) is 6.33 Å². The number of ether oxygens (including phenoxy) is 3. The Morgan fingerprint density at radius 2 is 1.80 bits per heavy atom. The second-order valence-corrected chi connectivity index (χ2v) is 5.90. The molecule has 1 fully saturated rings. The molecule has 1 saturated heterocycles. The third-order valence-electron chi connectivity index (χ3n) is 4.57. The number of benzene rings is 1. The van der Waals surface area contributed by atoms with Crippen LogP contribution in [0.3, 0.4) is 0 Å². The minimum absolute atomic E-state index is 0.486. The van der Waals surface area contributed by atoms with E-state index in [0.29, 0.717) is 48.7 Å². The normalized spacial score (nSPS) is 16.4. The number of nitrogens with zero attached hydrogens (tertiary/aromatic N) is 3. The van der Waals surface area contributed by atoms with E-state index in [9.17, 15) is 5.11 Å². The molecule has 1 aromatic heterocycles. The van der Waals surface area contributed by atoms with Crippen LogP contribution >= 0.6 is 0 Å². The molecule has 0 amide bonds. The van der Waals surface area contributed by atoms with Gasteiger partial charge in [0.1, 0.15) is 23.3 Å². The highest BCUT2D eigenvalue weighted by Gasteiger charge is 2.32. The molecule has 0 atom stereocenters. The van der Waals surface area contributed by atoms with Crippen LogP contribution < -0.4 is 19.1 Å². The molecule has 0 aliphatic carbocycles. The van der Waals surface area contributed by atoms with Crippen molar-refractivity contribution in [3.05, 3.63) is 12.4 Å². The Balaban J connectivity index is 2.10. The molecule has 1 aliphatic heterocycles. The van der Waals surface area contributed by atoms with Gasteiger partial charge in [0.2, 0.25) is 5.75 Å². The average molecular weight is 343 g/mol. The third-order valence-corrected chi connectivity index (χ3v) is 4.57. The van der Waals surface area contributed by atoms with E-state index in [0.717, 1.165) is 11.2 Å². The summed E-state index contributed by atoms with van der Waals surface area (Å²) in [6, 6.07) is 1.84. The first-order valence-electron chi connectivity index (χ1n) is 7.95. The Bertz CT molecular complexity index is 823. The van der Waals surface area contributed by atoms with Crippen molar-refractivity contribution >= 4 is 16.7 Å². The van der Waals surface area contributed by atoms with Gasteiger partial charge in [-0.3, -0.25) is 0 Å². The third kappa shape index (κ3) is 2.89. The first kappa shape index (κ1) is 17.1. The molecule has 0 unspecified atom stereocenters. The fraction of sp³-hybridized carbons (Fsp3) is 0.444. The van der Waals surface area contributed by atoms with Crippen molar-refractivity contribution in [1.82, 2.24) is 9.97 Å². The molecule has 0 bridgehead atoms. The molecule has 3 rings (SSSR count). The molecule has 132 valence electrons. The van der Waals surface area contributed by atoms with E-state index < -0.39 is 5.60 Å². The molecule has 1 aromatic carbocycles. The number of terminal acetylenes is 1. The maximum Gasteiger partial charge on any atom is 0.205 e. The van der Waals surface area contributed by atoms with Gasteiger partial charge in [-0.1, -0.05) is 5.92 Å². The molecular formula is C18H21N3O4. The first-order chi connectivity index (χ1) is 12.1. The monoisotopic (exact) mass is 343 g/mol.